The van der Waals surface area contributed by atoms with Crippen molar-refractivity contribution in [3.8, 4) is 17.0 Å². The number of aromatic carboxylic acids is 1. The Bertz CT molecular complexity index is 874. The zero-order valence-electron chi connectivity index (χ0n) is 10.4. The summed E-state index contributed by atoms with van der Waals surface area (Å²) in [5.74, 6) is -1.15. The third-order valence-corrected chi connectivity index (χ3v) is 3.60. The number of carboxylic acid groups (broad SMARTS) is 1. The number of carbonyl (C=O) groups is 1. The van der Waals surface area contributed by atoms with Crippen molar-refractivity contribution in [1.82, 2.24) is 10.2 Å². The van der Waals surface area contributed by atoms with Gasteiger partial charge in [0.05, 0.1) is 16.1 Å². The van der Waals surface area contributed by atoms with E-state index in [9.17, 15) is 9.90 Å². The van der Waals surface area contributed by atoms with E-state index in [1.165, 1.54) is 18.2 Å². The number of phenols is 1. The monoisotopic (exact) mass is 322 g/mol. The first-order valence-corrected chi connectivity index (χ1v) is 6.63. The molecule has 0 radical (unpaired) electrons. The summed E-state index contributed by atoms with van der Waals surface area (Å²) in [7, 11) is 0. The lowest BCUT2D eigenvalue weighted by Crippen LogP contribution is -1.94. The summed E-state index contributed by atoms with van der Waals surface area (Å²) >= 11 is 11.8. The standard InChI is InChI=1S/C14H8Cl2N2O3/c15-7-4-9(13(19)10(16)5-7)12-8-2-1-6(14(20)21)3-11(8)17-18-12/h1-5,19H,(H,17,18)(H,20,21). The molecule has 0 fully saturated rings. The third-order valence-electron chi connectivity index (χ3n) is 3.09. The summed E-state index contributed by atoms with van der Waals surface area (Å²) in [6, 6.07) is 7.53. The quantitative estimate of drug-likeness (QED) is 0.667. The Morgan fingerprint density at radius 1 is 1.19 bits per heavy atom. The molecule has 0 amide bonds. The minimum atomic E-state index is -1.03. The number of halogens is 2. The SMILES string of the molecule is O=C(O)c1ccc2c(-c3cc(Cl)cc(Cl)c3O)n[nH]c2c1. The van der Waals surface area contributed by atoms with E-state index in [0.717, 1.165) is 0 Å². The lowest BCUT2D eigenvalue weighted by Gasteiger charge is -2.05. The number of benzene rings is 2. The predicted octanol–water partition coefficient (Wildman–Crippen LogP) is 3.94. The van der Waals surface area contributed by atoms with E-state index >= 15 is 0 Å². The Kier molecular flexibility index (Phi) is 3.23. The van der Waals surface area contributed by atoms with E-state index in [4.69, 9.17) is 28.3 Å². The molecular weight excluding hydrogens is 315 g/mol. The average Bonchev–Trinajstić information content (AvgIpc) is 2.85. The summed E-state index contributed by atoms with van der Waals surface area (Å²) in [6.07, 6.45) is 0. The van der Waals surface area contributed by atoms with Gasteiger partial charge in [0.2, 0.25) is 0 Å². The fourth-order valence-electron chi connectivity index (χ4n) is 2.10. The number of aromatic amines is 1. The molecule has 0 aliphatic carbocycles. The predicted molar refractivity (Wildman–Crippen MR) is 80.2 cm³/mol. The molecule has 0 saturated heterocycles. The minimum absolute atomic E-state index is 0.121. The van der Waals surface area contributed by atoms with Crippen LogP contribution in [0, 0.1) is 0 Å². The van der Waals surface area contributed by atoms with E-state index < -0.39 is 5.97 Å². The van der Waals surface area contributed by atoms with Crippen molar-refractivity contribution >= 4 is 40.1 Å². The molecule has 0 bridgehead atoms. The van der Waals surface area contributed by atoms with E-state index in [1.807, 2.05) is 0 Å². The number of hydrogen-bond donors (Lipinski definition) is 3. The molecule has 3 rings (SSSR count). The molecule has 5 nitrogen and oxygen atoms in total. The zero-order valence-corrected chi connectivity index (χ0v) is 11.9. The molecule has 0 unspecified atom stereocenters. The van der Waals surface area contributed by atoms with Crippen LogP contribution in [-0.4, -0.2) is 26.4 Å². The van der Waals surface area contributed by atoms with Gasteiger partial charge in [-0.2, -0.15) is 5.10 Å². The molecule has 21 heavy (non-hydrogen) atoms. The molecule has 3 N–H and O–H groups in total. The van der Waals surface area contributed by atoms with Crippen LogP contribution in [0.3, 0.4) is 0 Å². The minimum Gasteiger partial charge on any atom is -0.506 e. The number of aromatic nitrogens is 2. The molecular formula is C14H8Cl2N2O3. The van der Waals surface area contributed by atoms with Gasteiger partial charge in [-0.25, -0.2) is 4.79 Å². The van der Waals surface area contributed by atoms with Gasteiger partial charge < -0.3 is 10.2 Å². The Balaban J connectivity index is 2.25. The molecule has 0 atom stereocenters. The summed E-state index contributed by atoms with van der Waals surface area (Å²) in [4.78, 5) is 11.0. The van der Waals surface area contributed by atoms with Crippen LogP contribution >= 0.6 is 23.2 Å². The second-order valence-corrected chi connectivity index (χ2v) is 5.27. The maximum atomic E-state index is 11.0. The maximum Gasteiger partial charge on any atom is 0.335 e. The van der Waals surface area contributed by atoms with Crippen molar-refractivity contribution < 1.29 is 15.0 Å². The molecule has 0 aliphatic rings. The number of H-pyrrole nitrogens is 1. The summed E-state index contributed by atoms with van der Waals surface area (Å²) in [5.41, 5.74) is 1.51. The van der Waals surface area contributed by atoms with Crippen LogP contribution in [0.15, 0.2) is 30.3 Å². The summed E-state index contributed by atoms with van der Waals surface area (Å²) in [5, 5.41) is 27.0. The molecule has 0 aliphatic heterocycles. The Hall–Kier alpha value is -2.24. The van der Waals surface area contributed by atoms with Gasteiger partial charge in [0.1, 0.15) is 11.4 Å². The highest BCUT2D eigenvalue weighted by atomic mass is 35.5. The Labute approximate surface area is 128 Å². The van der Waals surface area contributed by atoms with Gasteiger partial charge in [0, 0.05) is 16.0 Å². The Morgan fingerprint density at radius 3 is 2.67 bits per heavy atom. The number of rotatable bonds is 2. The molecule has 106 valence electrons. The van der Waals surface area contributed by atoms with Crippen LogP contribution in [-0.2, 0) is 0 Å². The second-order valence-electron chi connectivity index (χ2n) is 4.42. The number of hydrogen-bond acceptors (Lipinski definition) is 3. The van der Waals surface area contributed by atoms with Gasteiger partial charge in [-0.05, 0) is 30.3 Å². The van der Waals surface area contributed by atoms with Crippen LogP contribution in [0.1, 0.15) is 10.4 Å². The summed E-state index contributed by atoms with van der Waals surface area (Å²) in [6.45, 7) is 0. The van der Waals surface area contributed by atoms with E-state index in [2.05, 4.69) is 10.2 Å². The van der Waals surface area contributed by atoms with E-state index in [1.54, 1.807) is 12.1 Å². The van der Waals surface area contributed by atoms with Crippen molar-refractivity contribution in [3.63, 3.8) is 0 Å². The molecule has 1 heterocycles. The van der Waals surface area contributed by atoms with Crippen LogP contribution in [0.5, 0.6) is 5.75 Å². The first-order chi connectivity index (χ1) is 9.97. The smallest absolute Gasteiger partial charge is 0.335 e. The fraction of sp³-hybridized carbons (Fsp3) is 0. The number of aromatic hydroxyl groups is 1. The summed E-state index contributed by atoms with van der Waals surface area (Å²) < 4.78 is 0. The highest BCUT2D eigenvalue weighted by Crippen LogP contribution is 2.39. The van der Waals surface area contributed by atoms with Crippen molar-refractivity contribution in [3.05, 3.63) is 45.9 Å². The maximum absolute atomic E-state index is 11.0. The number of phenolic OH excluding ortho intramolecular Hbond substituents is 1. The highest BCUT2D eigenvalue weighted by Gasteiger charge is 2.16. The average molecular weight is 323 g/mol. The van der Waals surface area contributed by atoms with Crippen molar-refractivity contribution in [2.24, 2.45) is 0 Å². The number of nitrogens with one attached hydrogen (secondary N) is 1. The van der Waals surface area contributed by atoms with Crippen LogP contribution in [0.4, 0.5) is 0 Å². The van der Waals surface area contributed by atoms with Gasteiger partial charge in [-0.1, -0.05) is 23.2 Å². The topological polar surface area (TPSA) is 86.2 Å². The highest BCUT2D eigenvalue weighted by molar-refractivity contribution is 6.36. The first kappa shape index (κ1) is 13.7. The Morgan fingerprint density at radius 2 is 1.95 bits per heavy atom. The van der Waals surface area contributed by atoms with Crippen LogP contribution < -0.4 is 0 Å². The first-order valence-electron chi connectivity index (χ1n) is 5.87. The fourth-order valence-corrected chi connectivity index (χ4v) is 2.60. The van der Waals surface area contributed by atoms with Crippen molar-refractivity contribution in [2.75, 3.05) is 0 Å². The number of nitrogens with zero attached hydrogens (tertiary/aromatic N) is 1. The number of carboxylic acids is 1. The van der Waals surface area contributed by atoms with Gasteiger partial charge in [-0.3, -0.25) is 5.10 Å². The van der Waals surface area contributed by atoms with Gasteiger partial charge >= 0.3 is 5.97 Å². The lowest BCUT2D eigenvalue weighted by atomic mass is 10.1. The van der Waals surface area contributed by atoms with Crippen molar-refractivity contribution in [1.29, 1.82) is 0 Å². The van der Waals surface area contributed by atoms with Gasteiger partial charge in [0.15, 0.2) is 0 Å². The van der Waals surface area contributed by atoms with E-state index in [0.29, 0.717) is 27.2 Å². The molecule has 7 heteroatoms. The normalized spacial score (nSPS) is 11.0. The molecule has 0 spiro atoms. The molecule has 2 aromatic carbocycles. The van der Waals surface area contributed by atoms with Gasteiger partial charge in [-0.15, -0.1) is 0 Å². The van der Waals surface area contributed by atoms with Gasteiger partial charge in [0.25, 0.3) is 0 Å². The number of fused-ring (bicyclic) bond motifs is 1. The lowest BCUT2D eigenvalue weighted by molar-refractivity contribution is 0.0697. The third kappa shape index (κ3) is 2.30. The van der Waals surface area contributed by atoms with Crippen LogP contribution in [0.2, 0.25) is 10.0 Å². The largest absolute Gasteiger partial charge is 0.506 e. The second kappa shape index (κ2) is 4.95. The van der Waals surface area contributed by atoms with E-state index in [-0.39, 0.29) is 16.3 Å². The van der Waals surface area contributed by atoms with Crippen molar-refractivity contribution in [2.45, 2.75) is 0 Å². The van der Waals surface area contributed by atoms with Crippen LogP contribution in [0.25, 0.3) is 22.2 Å². The molecule has 3 aromatic rings. The molecule has 1 aromatic heterocycles. The zero-order chi connectivity index (χ0) is 15.1. The molecule has 0 saturated carbocycles.